The molecule has 5 heteroatoms. The van der Waals surface area contributed by atoms with Gasteiger partial charge in [-0.3, -0.25) is 0 Å². The fourth-order valence-corrected chi connectivity index (χ4v) is 2.41. The predicted molar refractivity (Wildman–Crippen MR) is 72.0 cm³/mol. The molecule has 1 saturated carbocycles. The Kier molecular flexibility index (Phi) is 4.75. The Balaban J connectivity index is 1.73. The van der Waals surface area contributed by atoms with Crippen molar-refractivity contribution >= 4 is 5.95 Å². The van der Waals surface area contributed by atoms with Gasteiger partial charge in [-0.25, -0.2) is 4.98 Å². The number of anilines is 1. The third-order valence-corrected chi connectivity index (χ3v) is 3.53. The van der Waals surface area contributed by atoms with E-state index in [4.69, 9.17) is 4.74 Å². The van der Waals surface area contributed by atoms with Gasteiger partial charge in [-0.2, -0.15) is 4.98 Å². The van der Waals surface area contributed by atoms with E-state index in [9.17, 15) is 0 Å². The van der Waals surface area contributed by atoms with Crippen LogP contribution in [0.5, 0.6) is 5.88 Å². The number of hydrogen-bond donors (Lipinski definition) is 1. The Morgan fingerprint density at radius 2 is 2.22 bits per heavy atom. The zero-order valence-corrected chi connectivity index (χ0v) is 11.2. The first kappa shape index (κ1) is 13.1. The number of aromatic nitrogens is 2. The van der Waals surface area contributed by atoms with E-state index < -0.39 is 0 Å². The van der Waals surface area contributed by atoms with Crippen molar-refractivity contribution in [3.63, 3.8) is 0 Å². The highest BCUT2D eigenvalue weighted by Crippen LogP contribution is 2.21. The van der Waals surface area contributed by atoms with E-state index in [0.717, 1.165) is 19.1 Å². The van der Waals surface area contributed by atoms with Crippen LogP contribution in [0.25, 0.3) is 0 Å². The molecule has 0 unspecified atom stereocenters. The lowest BCUT2D eigenvalue weighted by molar-refractivity contribution is 0.254. The number of methoxy groups -OCH3 is 1. The third-order valence-electron chi connectivity index (χ3n) is 3.53. The molecular weight excluding hydrogens is 228 g/mol. The predicted octanol–water partition coefficient (Wildman–Crippen LogP) is 1.77. The van der Waals surface area contributed by atoms with E-state index in [0.29, 0.717) is 11.8 Å². The number of likely N-dealkylation sites (N-methyl/N-ethyl adjacent to an activating group) is 1. The first-order chi connectivity index (χ1) is 8.79. The van der Waals surface area contributed by atoms with E-state index in [1.165, 1.54) is 25.7 Å². The van der Waals surface area contributed by atoms with Crippen molar-refractivity contribution in [2.45, 2.75) is 31.7 Å². The average Bonchev–Trinajstić information content (AvgIpc) is 2.93. The molecule has 18 heavy (non-hydrogen) atoms. The maximum Gasteiger partial charge on any atom is 0.225 e. The minimum Gasteiger partial charge on any atom is -0.481 e. The molecule has 5 nitrogen and oxygen atoms in total. The zero-order chi connectivity index (χ0) is 12.8. The SMILES string of the molecule is COc1ccnc(NCCN(C)C2CCCC2)n1. The van der Waals surface area contributed by atoms with Crippen molar-refractivity contribution in [3.05, 3.63) is 12.3 Å². The van der Waals surface area contributed by atoms with Crippen molar-refractivity contribution in [2.75, 3.05) is 32.6 Å². The van der Waals surface area contributed by atoms with Crippen molar-refractivity contribution in [3.8, 4) is 5.88 Å². The quantitative estimate of drug-likeness (QED) is 0.834. The summed E-state index contributed by atoms with van der Waals surface area (Å²) in [5.74, 6) is 1.23. The Morgan fingerprint density at radius 1 is 1.44 bits per heavy atom. The highest BCUT2D eigenvalue weighted by atomic mass is 16.5. The molecular formula is C13H22N4O. The average molecular weight is 250 g/mol. The largest absolute Gasteiger partial charge is 0.481 e. The Morgan fingerprint density at radius 3 is 2.94 bits per heavy atom. The first-order valence-electron chi connectivity index (χ1n) is 6.61. The molecule has 0 amide bonds. The molecule has 0 aromatic carbocycles. The van der Waals surface area contributed by atoms with E-state index in [2.05, 4.69) is 27.2 Å². The number of hydrogen-bond acceptors (Lipinski definition) is 5. The van der Waals surface area contributed by atoms with E-state index >= 15 is 0 Å². The summed E-state index contributed by atoms with van der Waals surface area (Å²) in [6, 6.07) is 2.51. The van der Waals surface area contributed by atoms with Gasteiger partial charge in [-0.1, -0.05) is 12.8 Å². The molecule has 1 heterocycles. The van der Waals surface area contributed by atoms with Gasteiger partial charge in [-0.05, 0) is 19.9 Å². The van der Waals surface area contributed by atoms with Crippen LogP contribution in [0.15, 0.2) is 12.3 Å². The Hall–Kier alpha value is -1.36. The molecule has 2 rings (SSSR count). The Bertz CT molecular complexity index is 366. The van der Waals surface area contributed by atoms with Crippen molar-refractivity contribution < 1.29 is 4.74 Å². The Labute approximate surface area is 109 Å². The van der Waals surface area contributed by atoms with Crippen LogP contribution in [0, 0.1) is 0 Å². The lowest BCUT2D eigenvalue weighted by Gasteiger charge is -2.23. The summed E-state index contributed by atoms with van der Waals surface area (Å²) >= 11 is 0. The molecule has 0 aliphatic heterocycles. The maximum atomic E-state index is 5.06. The van der Waals surface area contributed by atoms with Crippen LogP contribution in [-0.4, -0.2) is 48.2 Å². The standard InChI is InChI=1S/C13H22N4O/c1-17(11-5-3-4-6-11)10-9-15-13-14-8-7-12(16-13)18-2/h7-8,11H,3-6,9-10H2,1-2H3,(H,14,15,16). The van der Waals surface area contributed by atoms with Gasteiger partial charge in [-0.15, -0.1) is 0 Å². The van der Waals surface area contributed by atoms with Gasteiger partial charge in [0.15, 0.2) is 0 Å². The lowest BCUT2D eigenvalue weighted by atomic mass is 10.2. The summed E-state index contributed by atoms with van der Waals surface area (Å²) in [7, 11) is 3.81. The molecule has 0 radical (unpaired) electrons. The van der Waals surface area contributed by atoms with Crippen LogP contribution in [0.4, 0.5) is 5.95 Å². The van der Waals surface area contributed by atoms with E-state index in [-0.39, 0.29) is 0 Å². The number of nitrogens with zero attached hydrogens (tertiary/aromatic N) is 3. The molecule has 0 saturated heterocycles. The molecule has 0 atom stereocenters. The molecule has 100 valence electrons. The van der Waals surface area contributed by atoms with Gasteiger partial charge in [0.05, 0.1) is 7.11 Å². The molecule has 0 spiro atoms. The van der Waals surface area contributed by atoms with Crippen molar-refractivity contribution in [2.24, 2.45) is 0 Å². The molecule has 1 fully saturated rings. The van der Waals surface area contributed by atoms with Gasteiger partial charge in [0, 0.05) is 31.4 Å². The second-order valence-corrected chi connectivity index (χ2v) is 4.77. The summed E-state index contributed by atoms with van der Waals surface area (Å²) in [6.45, 7) is 1.88. The minimum atomic E-state index is 0.594. The normalized spacial score (nSPS) is 16.2. The fourth-order valence-electron chi connectivity index (χ4n) is 2.41. The summed E-state index contributed by atoms with van der Waals surface area (Å²) in [5.41, 5.74) is 0. The molecule has 1 aliphatic carbocycles. The van der Waals surface area contributed by atoms with Crippen LogP contribution in [-0.2, 0) is 0 Å². The maximum absolute atomic E-state index is 5.06. The van der Waals surface area contributed by atoms with Gasteiger partial charge < -0.3 is 15.0 Å². The van der Waals surface area contributed by atoms with Gasteiger partial charge in [0.25, 0.3) is 0 Å². The lowest BCUT2D eigenvalue weighted by Crippen LogP contribution is -2.33. The highest BCUT2D eigenvalue weighted by molar-refractivity contribution is 5.27. The molecule has 0 bridgehead atoms. The monoisotopic (exact) mass is 250 g/mol. The summed E-state index contributed by atoms with van der Waals surface area (Å²) in [5, 5.41) is 3.23. The summed E-state index contributed by atoms with van der Waals surface area (Å²) in [6.07, 6.45) is 7.13. The van der Waals surface area contributed by atoms with E-state index in [1.54, 1.807) is 19.4 Å². The minimum absolute atomic E-state index is 0.594. The third kappa shape index (κ3) is 3.57. The van der Waals surface area contributed by atoms with Crippen LogP contribution >= 0.6 is 0 Å². The number of nitrogens with one attached hydrogen (secondary N) is 1. The van der Waals surface area contributed by atoms with E-state index in [1.807, 2.05) is 0 Å². The first-order valence-corrected chi connectivity index (χ1v) is 6.61. The van der Waals surface area contributed by atoms with Gasteiger partial charge in [0.1, 0.15) is 0 Å². The fraction of sp³-hybridized carbons (Fsp3) is 0.692. The molecule has 1 aromatic heterocycles. The van der Waals surface area contributed by atoms with Crippen molar-refractivity contribution in [1.82, 2.24) is 14.9 Å². The highest BCUT2D eigenvalue weighted by Gasteiger charge is 2.18. The summed E-state index contributed by atoms with van der Waals surface area (Å²) < 4.78 is 5.06. The van der Waals surface area contributed by atoms with Crippen LogP contribution < -0.4 is 10.1 Å². The molecule has 1 aromatic rings. The zero-order valence-electron chi connectivity index (χ0n) is 11.2. The number of rotatable bonds is 6. The van der Waals surface area contributed by atoms with Gasteiger partial charge >= 0.3 is 0 Å². The number of ether oxygens (including phenoxy) is 1. The van der Waals surface area contributed by atoms with Crippen molar-refractivity contribution in [1.29, 1.82) is 0 Å². The molecule has 1 N–H and O–H groups in total. The smallest absolute Gasteiger partial charge is 0.225 e. The topological polar surface area (TPSA) is 50.3 Å². The second-order valence-electron chi connectivity index (χ2n) is 4.77. The summed E-state index contributed by atoms with van der Waals surface area (Å²) in [4.78, 5) is 10.8. The second kappa shape index (κ2) is 6.54. The van der Waals surface area contributed by atoms with Crippen LogP contribution in [0.2, 0.25) is 0 Å². The van der Waals surface area contributed by atoms with Gasteiger partial charge in [0.2, 0.25) is 11.8 Å². The van der Waals surface area contributed by atoms with Crippen LogP contribution in [0.3, 0.4) is 0 Å². The van der Waals surface area contributed by atoms with Crippen LogP contribution in [0.1, 0.15) is 25.7 Å². The molecule has 1 aliphatic rings.